The number of benzene rings is 2. The minimum Gasteiger partial charge on any atom is -0.350 e. The maximum absolute atomic E-state index is 4.88. The molecular formula is C33H41N5. The predicted octanol–water partition coefficient (Wildman–Crippen LogP) is 8.06. The van der Waals surface area contributed by atoms with Crippen molar-refractivity contribution in [3.05, 3.63) is 113 Å². The summed E-state index contributed by atoms with van der Waals surface area (Å²) >= 11 is 0. The zero-order valence-corrected chi connectivity index (χ0v) is 23.7. The SMILES string of the molecule is C=N/C(=C(/c1ccnc(NCc2ccccc2C)n1)N1C=CC(CC)=CC1)c1ccc(C)cc1.CC(C)C. The van der Waals surface area contributed by atoms with E-state index in [0.717, 1.165) is 41.5 Å². The van der Waals surface area contributed by atoms with Crippen LogP contribution in [-0.4, -0.2) is 28.1 Å². The van der Waals surface area contributed by atoms with Crippen LogP contribution in [0.4, 0.5) is 5.95 Å². The van der Waals surface area contributed by atoms with Gasteiger partial charge < -0.3 is 10.2 Å². The molecule has 0 fully saturated rings. The third-order valence-electron chi connectivity index (χ3n) is 6.02. The minimum absolute atomic E-state index is 0.580. The Morgan fingerprint density at radius 2 is 1.76 bits per heavy atom. The number of aromatic nitrogens is 2. The largest absolute Gasteiger partial charge is 0.350 e. The van der Waals surface area contributed by atoms with Gasteiger partial charge in [0.2, 0.25) is 5.95 Å². The van der Waals surface area contributed by atoms with E-state index in [1.54, 1.807) is 6.20 Å². The summed E-state index contributed by atoms with van der Waals surface area (Å²) in [6.07, 6.45) is 9.30. The minimum atomic E-state index is 0.580. The Kier molecular flexibility index (Phi) is 10.6. The average Bonchev–Trinajstić information content (AvgIpc) is 2.92. The first kappa shape index (κ1) is 28.6. The smallest absolute Gasteiger partial charge is 0.223 e. The average molecular weight is 508 g/mol. The van der Waals surface area contributed by atoms with E-state index in [4.69, 9.17) is 4.98 Å². The van der Waals surface area contributed by atoms with Crippen LogP contribution >= 0.6 is 0 Å². The molecule has 5 nitrogen and oxygen atoms in total. The zero-order valence-electron chi connectivity index (χ0n) is 23.7. The summed E-state index contributed by atoms with van der Waals surface area (Å²) in [5, 5.41) is 3.38. The number of anilines is 1. The summed E-state index contributed by atoms with van der Waals surface area (Å²) in [6.45, 7) is 18.2. The number of rotatable bonds is 8. The summed E-state index contributed by atoms with van der Waals surface area (Å²) in [5.74, 6) is 1.41. The Morgan fingerprint density at radius 1 is 1.05 bits per heavy atom. The third-order valence-corrected chi connectivity index (χ3v) is 6.02. The molecule has 1 aromatic heterocycles. The molecule has 0 saturated heterocycles. The van der Waals surface area contributed by atoms with Gasteiger partial charge in [-0.2, -0.15) is 0 Å². The Labute approximate surface area is 228 Å². The fourth-order valence-electron chi connectivity index (χ4n) is 3.94. The standard InChI is InChI=1S/C29H31N5.C4H10/c1-5-23-15-18-34(19-16-23)28(27(30-4)24-12-10-21(2)11-13-24)26-14-17-31-29(33-26)32-20-25-9-7-6-8-22(25)3;1-4(2)3/h6-18H,4-5,19-20H2,1-3H3,(H,31,32,33);4H,1-3H3/b28-27-;. The summed E-state index contributed by atoms with van der Waals surface area (Å²) in [6, 6.07) is 18.6. The van der Waals surface area contributed by atoms with Crippen LogP contribution in [0.15, 0.2) is 89.7 Å². The lowest BCUT2D eigenvalue weighted by Crippen LogP contribution is -2.21. The maximum Gasteiger partial charge on any atom is 0.223 e. The van der Waals surface area contributed by atoms with Crippen molar-refractivity contribution in [2.24, 2.45) is 10.9 Å². The molecule has 0 amide bonds. The molecule has 0 aliphatic carbocycles. The molecule has 2 heterocycles. The van der Waals surface area contributed by atoms with E-state index in [2.05, 4.69) is 123 Å². The van der Waals surface area contributed by atoms with Gasteiger partial charge in [-0.05, 0) is 61.7 Å². The number of aryl methyl sites for hydroxylation is 2. The van der Waals surface area contributed by atoms with Gasteiger partial charge in [-0.15, -0.1) is 0 Å². The van der Waals surface area contributed by atoms with Gasteiger partial charge in [0, 0.05) is 31.0 Å². The monoisotopic (exact) mass is 507 g/mol. The number of allylic oxidation sites excluding steroid dienone is 2. The van der Waals surface area contributed by atoms with Crippen molar-refractivity contribution in [1.82, 2.24) is 14.9 Å². The van der Waals surface area contributed by atoms with E-state index in [9.17, 15) is 0 Å². The summed E-state index contributed by atoms with van der Waals surface area (Å²) in [7, 11) is 0. The first-order chi connectivity index (χ1) is 18.3. The van der Waals surface area contributed by atoms with Gasteiger partial charge in [0.05, 0.1) is 17.1 Å². The lowest BCUT2D eigenvalue weighted by Gasteiger charge is -2.27. The highest BCUT2D eigenvalue weighted by Crippen LogP contribution is 2.32. The van der Waals surface area contributed by atoms with Crippen LogP contribution in [0.1, 0.15) is 62.1 Å². The maximum atomic E-state index is 4.88. The van der Waals surface area contributed by atoms with Crippen molar-refractivity contribution < 1.29 is 0 Å². The van der Waals surface area contributed by atoms with Crippen LogP contribution in [0.2, 0.25) is 0 Å². The van der Waals surface area contributed by atoms with E-state index in [-0.39, 0.29) is 0 Å². The van der Waals surface area contributed by atoms with Crippen molar-refractivity contribution in [3.63, 3.8) is 0 Å². The molecule has 0 atom stereocenters. The van der Waals surface area contributed by atoms with Crippen LogP contribution in [0.25, 0.3) is 11.4 Å². The number of aliphatic imine (C=N–C) groups is 1. The van der Waals surface area contributed by atoms with Crippen LogP contribution in [-0.2, 0) is 6.54 Å². The second kappa shape index (κ2) is 14.1. The molecule has 1 aliphatic heterocycles. The summed E-state index contributed by atoms with van der Waals surface area (Å²) < 4.78 is 0. The fraction of sp³-hybridized carbons (Fsp3) is 0.303. The molecule has 3 aromatic rings. The predicted molar refractivity (Wildman–Crippen MR) is 163 cm³/mol. The summed E-state index contributed by atoms with van der Waals surface area (Å²) in [5.41, 5.74) is 8.47. The van der Waals surface area contributed by atoms with Crippen LogP contribution < -0.4 is 5.32 Å². The Morgan fingerprint density at radius 3 is 2.37 bits per heavy atom. The van der Waals surface area contributed by atoms with E-state index in [1.807, 2.05) is 18.2 Å². The van der Waals surface area contributed by atoms with Gasteiger partial charge in [-0.1, -0.05) is 87.9 Å². The third kappa shape index (κ3) is 8.01. The molecule has 0 radical (unpaired) electrons. The lowest BCUT2D eigenvalue weighted by molar-refractivity contribution is 0.579. The fourth-order valence-corrected chi connectivity index (χ4v) is 3.94. The first-order valence-corrected chi connectivity index (χ1v) is 13.4. The molecule has 38 heavy (non-hydrogen) atoms. The molecule has 0 bridgehead atoms. The Balaban J connectivity index is 0.000000934. The van der Waals surface area contributed by atoms with Gasteiger partial charge in [0.1, 0.15) is 0 Å². The normalized spacial score (nSPS) is 13.3. The molecule has 0 unspecified atom stereocenters. The highest BCUT2D eigenvalue weighted by Gasteiger charge is 2.20. The van der Waals surface area contributed by atoms with Gasteiger partial charge in [-0.25, -0.2) is 9.97 Å². The van der Waals surface area contributed by atoms with Crippen LogP contribution in [0.5, 0.6) is 0 Å². The Bertz CT molecular complexity index is 1300. The number of hydrogen-bond acceptors (Lipinski definition) is 5. The molecule has 198 valence electrons. The quantitative estimate of drug-likeness (QED) is 0.313. The van der Waals surface area contributed by atoms with Gasteiger partial charge in [0.25, 0.3) is 0 Å². The van der Waals surface area contributed by atoms with Crippen LogP contribution in [0, 0.1) is 19.8 Å². The van der Waals surface area contributed by atoms with E-state index < -0.39 is 0 Å². The van der Waals surface area contributed by atoms with E-state index in [0.29, 0.717) is 12.5 Å². The lowest BCUT2D eigenvalue weighted by atomic mass is 10.0. The number of hydrogen-bond donors (Lipinski definition) is 1. The van der Waals surface area contributed by atoms with E-state index in [1.165, 1.54) is 22.3 Å². The Hall–Kier alpha value is -3.99. The molecule has 1 aliphatic rings. The number of nitrogens with zero attached hydrogens (tertiary/aromatic N) is 4. The molecule has 4 rings (SSSR count). The molecule has 1 N–H and O–H groups in total. The van der Waals surface area contributed by atoms with E-state index >= 15 is 0 Å². The van der Waals surface area contributed by atoms with Crippen molar-refractivity contribution in [3.8, 4) is 0 Å². The first-order valence-electron chi connectivity index (χ1n) is 13.4. The molecular weight excluding hydrogens is 466 g/mol. The zero-order chi connectivity index (χ0) is 27.5. The van der Waals surface area contributed by atoms with Crippen molar-refractivity contribution in [2.45, 2.75) is 54.5 Å². The second-order valence-electron chi connectivity index (χ2n) is 10.1. The topological polar surface area (TPSA) is 53.4 Å². The highest BCUT2D eigenvalue weighted by atomic mass is 15.2. The van der Waals surface area contributed by atoms with Gasteiger partial charge >= 0.3 is 0 Å². The summed E-state index contributed by atoms with van der Waals surface area (Å²) in [4.78, 5) is 16.0. The van der Waals surface area contributed by atoms with Gasteiger partial charge in [-0.3, -0.25) is 4.99 Å². The molecule has 0 saturated carbocycles. The molecule has 5 heteroatoms. The van der Waals surface area contributed by atoms with Crippen LogP contribution in [0.3, 0.4) is 0 Å². The van der Waals surface area contributed by atoms with Crippen molar-refractivity contribution in [1.29, 1.82) is 0 Å². The number of nitrogens with one attached hydrogen (secondary N) is 1. The molecule has 0 spiro atoms. The van der Waals surface area contributed by atoms with Gasteiger partial charge in [0.15, 0.2) is 0 Å². The highest BCUT2D eigenvalue weighted by molar-refractivity contribution is 5.90. The van der Waals surface area contributed by atoms with Crippen molar-refractivity contribution >= 4 is 24.1 Å². The second-order valence-corrected chi connectivity index (χ2v) is 10.1. The molecule has 2 aromatic carbocycles. The van der Waals surface area contributed by atoms with Crippen molar-refractivity contribution in [2.75, 3.05) is 11.9 Å².